The second-order valence-electron chi connectivity index (χ2n) is 34.1. The molecular formula is C90H105ClN30O8S4. The highest BCUT2D eigenvalue weighted by Crippen LogP contribution is 2.39. The molecule has 12 aromatic heterocycles. The molecule has 0 spiro atoms. The van der Waals surface area contributed by atoms with Crippen LogP contribution >= 0.6 is 11.6 Å². The average Bonchev–Trinajstić information content (AvgIpc) is 1.64. The Morgan fingerprint density at radius 3 is 0.940 bits per heavy atom. The van der Waals surface area contributed by atoms with E-state index in [9.17, 15) is 33.7 Å². The van der Waals surface area contributed by atoms with Crippen LogP contribution < -0.4 is 42.5 Å². The number of piperidine rings is 4. The predicted molar refractivity (Wildman–Crippen MR) is 512 cm³/mol. The standard InChI is InChI=1S/C23H27ClN8O2S.C23H28N8O2S.2C22H25N7O2S/c1-30(2)35(33,34)21-9-17(6-7-19(21)24)28-22-10-20(15-5-4-8-25-11-15)29-23-18(13-27-32(22)23)16-12-26-31(3)14-16;1-29(2)34(32,33)19-8-4-7-18(10-19)27-22-11-21(16-6-5-9-24-12-16)28-23-20(14-26-31(22)23)17-13-25-30(3)15-17;1-28-14-16(12-24-28)19-13-25-29-21(26-17-6-3-7-18(9-17)32(2,30)31)10-20(27-22(19)29)15-5-4-8-23-11-15;1-28-14-16(12-24-28)19-13-25-29-21(26-17-5-7-18(8-6-17)32(2,30)31)10-20(27-22(19)29)15-4-3-9-23-11-15/h6-7,9-10,12-15,25,28H,4-5,8,11H2,1-3H3;4,7-8,10-11,13-16,24,27H,5-6,9,12H2,1-3H3;3,6-7,9-10,12-15,23,26H,4-5,8,11H2,1-2H3;5-8,10,12-15,23,26H,3-4,9,11H2,1-2H3. The predicted octanol–water partition coefficient (Wildman–Crippen LogP) is 11.3. The Kier molecular flexibility index (Phi) is 26.9. The summed E-state index contributed by atoms with van der Waals surface area (Å²) >= 11 is 6.25. The summed E-state index contributed by atoms with van der Waals surface area (Å²) in [5.74, 6) is 4.08. The molecule has 16 aromatic rings. The van der Waals surface area contributed by atoms with Crippen molar-refractivity contribution in [2.24, 2.45) is 28.2 Å². The lowest BCUT2D eigenvalue weighted by molar-refractivity contribution is 0.455. The van der Waals surface area contributed by atoms with Gasteiger partial charge in [0.25, 0.3) is 0 Å². The van der Waals surface area contributed by atoms with Crippen LogP contribution in [0.4, 0.5) is 46.0 Å². The highest BCUT2D eigenvalue weighted by Gasteiger charge is 2.30. The van der Waals surface area contributed by atoms with Crippen LogP contribution in [0.2, 0.25) is 5.02 Å². The van der Waals surface area contributed by atoms with Gasteiger partial charge in [0, 0.05) is 235 Å². The van der Waals surface area contributed by atoms with Crippen molar-refractivity contribution in [2.45, 2.75) is 94.6 Å². The van der Waals surface area contributed by atoms with Crippen molar-refractivity contribution in [1.29, 1.82) is 0 Å². The van der Waals surface area contributed by atoms with Gasteiger partial charge in [0.1, 0.15) is 28.2 Å². The molecule has 4 aliphatic heterocycles. The summed E-state index contributed by atoms with van der Waals surface area (Å²) < 4.78 is 115. The van der Waals surface area contributed by atoms with E-state index in [2.05, 4.69) is 83.3 Å². The van der Waals surface area contributed by atoms with E-state index in [1.165, 1.54) is 51.1 Å². The minimum absolute atomic E-state index is 0.0349. The number of nitrogens with one attached hydrogen (secondary N) is 8. The molecule has 43 heteroatoms. The quantitative estimate of drug-likeness (QED) is 0.0312. The Morgan fingerprint density at radius 2 is 0.647 bits per heavy atom. The van der Waals surface area contributed by atoms with E-state index in [1.807, 2.05) is 95.6 Å². The van der Waals surface area contributed by atoms with Crippen molar-refractivity contribution < 1.29 is 33.7 Å². The second kappa shape index (κ2) is 38.8. The van der Waals surface area contributed by atoms with Crippen LogP contribution in [0.1, 0.15) is 97.8 Å². The van der Waals surface area contributed by atoms with Crippen LogP contribution in [0.3, 0.4) is 0 Å². The van der Waals surface area contributed by atoms with Gasteiger partial charge < -0.3 is 42.5 Å². The summed E-state index contributed by atoms with van der Waals surface area (Å²) in [4.78, 5) is 20.8. The van der Waals surface area contributed by atoms with Gasteiger partial charge in [-0.05, 0) is 156 Å². The maximum absolute atomic E-state index is 12.8. The van der Waals surface area contributed by atoms with Gasteiger partial charge in [0.2, 0.25) is 20.0 Å². The van der Waals surface area contributed by atoms with Crippen LogP contribution in [0.15, 0.2) is 209 Å². The number of aromatic nitrogens is 20. The van der Waals surface area contributed by atoms with E-state index in [-0.39, 0.29) is 36.4 Å². The maximum atomic E-state index is 12.8. The van der Waals surface area contributed by atoms with E-state index in [0.29, 0.717) is 40.4 Å². The summed E-state index contributed by atoms with van der Waals surface area (Å²) in [5, 5.41) is 63.0. The third kappa shape index (κ3) is 20.6. The first-order chi connectivity index (χ1) is 63.8. The lowest BCUT2D eigenvalue weighted by Crippen LogP contribution is -2.29. The third-order valence-electron chi connectivity index (χ3n) is 23.8. The first kappa shape index (κ1) is 92.1. The molecule has 133 heavy (non-hydrogen) atoms. The van der Waals surface area contributed by atoms with Crippen LogP contribution in [0.5, 0.6) is 0 Å². The average molecular weight is 1900 g/mol. The number of sulfonamides is 2. The van der Waals surface area contributed by atoms with Gasteiger partial charge in [0.15, 0.2) is 42.3 Å². The molecule has 0 aliphatic carbocycles. The first-order valence-electron chi connectivity index (χ1n) is 43.6. The first-order valence-corrected chi connectivity index (χ1v) is 50.6. The fraction of sp³-hybridized carbons (Fsp3) is 0.333. The summed E-state index contributed by atoms with van der Waals surface area (Å²) in [5.41, 5.74) is 16.9. The summed E-state index contributed by atoms with van der Waals surface area (Å²) in [6.07, 6.45) is 33.2. The largest absolute Gasteiger partial charge is 0.340 e. The van der Waals surface area contributed by atoms with E-state index < -0.39 is 39.7 Å². The molecule has 4 aromatic carbocycles. The van der Waals surface area contributed by atoms with Crippen molar-refractivity contribution >= 4 is 120 Å². The Hall–Kier alpha value is -12.8. The van der Waals surface area contributed by atoms with Gasteiger partial charge in [-0.3, -0.25) is 18.7 Å². The van der Waals surface area contributed by atoms with Gasteiger partial charge in [0.05, 0.1) is 92.1 Å². The topological polar surface area (TPSA) is 431 Å². The van der Waals surface area contributed by atoms with E-state index in [1.54, 1.807) is 153 Å². The lowest BCUT2D eigenvalue weighted by Gasteiger charge is -2.23. The molecule has 4 saturated heterocycles. The van der Waals surface area contributed by atoms with Crippen LogP contribution in [-0.2, 0) is 67.9 Å². The van der Waals surface area contributed by atoms with Crippen molar-refractivity contribution in [1.82, 2.24) is 127 Å². The summed E-state index contributed by atoms with van der Waals surface area (Å²) in [6, 6.07) is 33.2. The fourth-order valence-corrected chi connectivity index (χ4v) is 20.3. The number of aryl methyl sites for hydroxylation is 4. The van der Waals surface area contributed by atoms with E-state index in [4.69, 9.17) is 31.5 Å². The number of sulfone groups is 2. The second-order valence-corrected chi connectivity index (χ2v) is 42.8. The summed E-state index contributed by atoms with van der Waals surface area (Å²) in [6.45, 7) is 7.57. The Morgan fingerprint density at radius 1 is 0.346 bits per heavy atom. The number of rotatable bonds is 22. The highest BCUT2D eigenvalue weighted by molar-refractivity contribution is 7.91. The van der Waals surface area contributed by atoms with Gasteiger partial charge in [-0.15, -0.1) is 0 Å². The number of halogens is 1. The Bertz CT molecular complexity index is 7420. The molecule has 4 fully saturated rings. The molecule has 20 rings (SSSR count). The number of benzene rings is 4. The highest BCUT2D eigenvalue weighted by atomic mass is 35.5. The molecule has 0 bridgehead atoms. The zero-order valence-corrected chi connectivity index (χ0v) is 79.2. The molecule has 0 saturated carbocycles. The number of hydrogen-bond acceptors (Lipinski definition) is 28. The van der Waals surface area contributed by atoms with Gasteiger partial charge in [-0.2, -0.15) is 58.9 Å². The van der Waals surface area contributed by atoms with Gasteiger partial charge >= 0.3 is 0 Å². The SMILES string of the molecule is CN(C)S(=O)(=O)c1cc(Nc2cc(C3CCCNC3)nc3c(-c4cnn(C)c4)cnn23)ccc1Cl.CN(C)S(=O)(=O)c1cccc(Nc2cc(C3CCCNC3)nc3c(-c4cnn(C)c4)cnn23)c1.Cn1cc(-c2cnn3c(Nc4ccc(S(C)(=O)=O)cc4)cc(C4CCCNC4)nc23)cn1.Cn1cc(-c2cnn3c(Nc4cccc(S(C)(=O)=O)c4)cc(C4CCCNC4)nc23)cn1. The van der Waals surface area contributed by atoms with Crippen molar-refractivity contribution in [3.63, 3.8) is 0 Å². The third-order valence-corrected chi connectivity index (χ3v) is 30.2. The fourth-order valence-electron chi connectivity index (χ4n) is 16.7. The molecule has 4 unspecified atom stereocenters. The smallest absolute Gasteiger partial charge is 0.244 e. The van der Waals surface area contributed by atoms with Crippen LogP contribution in [-0.4, -0.2) is 233 Å². The lowest BCUT2D eigenvalue weighted by atomic mass is 9.96. The molecule has 694 valence electrons. The number of fused-ring (bicyclic) bond motifs is 4. The molecule has 8 N–H and O–H groups in total. The molecule has 0 radical (unpaired) electrons. The van der Waals surface area contributed by atoms with Crippen LogP contribution in [0.25, 0.3) is 67.1 Å². The molecular weight excluding hydrogens is 1790 g/mol. The van der Waals surface area contributed by atoms with Gasteiger partial charge in [-0.1, -0.05) is 23.7 Å². The van der Waals surface area contributed by atoms with E-state index in [0.717, 1.165) is 215 Å². The number of anilines is 8. The minimum Gasteiger partial charge on any atom is -0.340 e. The zero-order chi connectivity index (χ0) is 93.2. The Labute approximate surface area is 775 Å². The molecule has 4 atom stereocenters. The minimum atomic E-state index is -3.71. The molecule has 0 amide bonds. The molecule has 4 aliphatic rings. The number of hydrogen-bond donors (Lipinski definition) is 8. The summed E-state index contributed by atoms with van der Waals surface area (Å²) in [7, 11) is -0.295. The van der Waals surface area contributed by atoms with E-state index >= 15 is 0 Å². The maximum Gasteiger partial charge on any atom is 0.244 e. The monoisotopic (exact) mass is 1900 g/mol. The molecule has 16 heterocycles. The normalized spacial score (nSPS) is 16.9. The van der Waals surface area contributed by atoms with Crippen LogP contribution in [0, 0.1) is 0 Å². The van der Waals surface area contributed by atoms with Crippen molar-refractivity contribution in [3.05, 3.63) is 217 Å². The van der Waals surface area contributed by atoms with Crippen molar-refractivity contribution in [2.75, 3.05) is 114 Å². The zero-order valence-electron chi connectivity index (χ0n) is 75.1. The Balaban J connectivity index is 0.000000124. The number of nitrogens with zero attached hydrogens (tertiary/aromatic N) is 22. The molecule has 38 nitrogen and oxygen atoms in total. The van der Waals surface area contributed by atoms with Crippen molar-refractivity contribution in [3.8, 4) is 44.5 Å². The van der Waals surface area contributed by atoms with Gasteiger partial charge in [-0.25, -0.2) is 62.2 Å².